The Kier molecular flexibility index (Phi) is 5.46. The molecular formula is C12H13F4NO2. The molecule has 19 heavy (non-hydrogen) atoms. The van der Waals surface area contributed by atoms with Crippen molar-refractivity contribution >= 4 is 0 Å². The van der Waals surface area contributed by atoms with Crippen LogP contribution in [-0.2, 0) is 4.74 Å². The highest BCUT2D eigenvalue weighted by atomic mass is 19.4. The van der Waals surface area contributed by atoms with Gasteiger partial charge < -0.3 is 9.94 Å². The lowest BCUT2D eigenvalue weighted by Crippen LogP contribution is -2.33. The summed E-state index contributed by atoms with van der Waals surface area (Å²) in [4.78, 5) is 0. The molecule has 2 N–H and O–H groups in total. The average Bonchev–Trinajstić information content (AvgIpc) is 2.34. The SMILES string of the molecule is C=C[C@H](OC[C@@H](NO)c1ccccc1F)C(F)(F)F. The lowest BCUT2D eigenvalue weighted by Gasteiger charge is -2.21. The molecule has 0 fully saturated rings. The molecule has 0 bridgehead atoms. The van der Waals surface area contributed by atoms with Gasteiger partial charge in [0.05, 0.1) is 12.6 Å². The highest BCUT2D eigenvalue weighted by molar-refractivity contribution is 5.20. The predicted molar refractivity (Wildman–Crippen MR) is 60.1 cm³/mol. The summed E-state index contributed by atoms with van der Waals surface area (Å²) in [7, 11) is 0. The minimum atomic E-state index is -4.60. The summed E-state index contributed by atoms with van der Waals surface area (Å²) >= 11 is 0. The minimum Gasteiger partial charge on any atom is -0.363 e. The summed E-state index contributed by atoms with van der Waals surface area (Å²) in [6.07, 6.45) is -6.18. The molecule has 1 aromatic rings. The Morgan fingerprint density at radius 3 is 2.47 bits per heavy atom. The number of alkyl halides is 3. The van der Waals surface area contributed by atoms with Crippen LogP contribution in [0.25, 0.3) is 0 Å². The number of benzene rings is 1. The molecule has 0 saturated heterocycles. The quantitative estimate of drug-likeness (QED) is 0.478. The highest BCUT2D eigenvalue weighted by Gasteiger charge is 2.38. The van der Waals surface area contributed by atoms with Crippen LogP contribution in [0.5, 0.6) is 0 Å². The number of rotatable bonds is 6. The number of ether oxygens (including phenoxy) is 1. The van der Waals surface area contributed by atoms with Gasteiger partial charge in [-0.3, -0.25) is 0 Å². The summed E-state index contributed by atoms with van der Waals surface area (Å²) in [6, 6.07) is 4.29. The Morgan fingerprint density at radius 1 is 1.37 bits per heavy atom. The zero-order valence-corrected chi connectivity index (χ0v) is 9.82. The molecule has 0 spiro atoms. The van der Waals surface area contributed by atoms with E-state index in [1.165, 1.54) is 18.2 Å². The lowest BCUT2D eigenvalue weighted by atomic mass is 10.1. The molecule has 7 heteroatoms. The van der Waals surface area contributed by atoms with Gasteiger partial charge in [0, 0.05) is 5.56 Å². The molecule has 0 heterocycles. The third-order valence-corrected chi connectivity index (χ3v) is 2.42. The Bertz CT molecular complexity index is 422. The molecule has 0 aliphatic heterocycles. The molecule has 0 radical (unpaired) electrons. The molecular weight excluding hydrogens is 266 g/mol. The second-order valence-corrected chi connectivity index (χ2v) is 3.73. The van der Waals surface area contributed by atoms with E-state index in [9.17, 15) is 17.6 Å². The normalized spacial score (nSPS) is 15.0. The molecule has 0 aliphatic carbocycles. The van der Waals surface area contributed by atoms with Crippen molar-refractivity contribution in [3.8, 4) is 0 Å². The Morgan fingerprint density at radius 2 is 2.00 bits per heavy atom. The van der Waals surface area contributed by atoms with Crippen molar-refractivity contribution in [1.29, 1.82) is 0 Å². The Labute approximate surface area is 107 Å². The van der Waals surface area contributed by atoms with Crippen LogP contribution < -0.4 is 5.48 Å². The van der Waals surface area contributed by atoms with E-state index < -0.39 is 30.7 Å². The van der Waals surface area contributed by atoms with Crippen molar-refractivity contribution in [2.75, 3.05) is 6.61 Å². The maximum Gasteiger partial charge on any atom is 0.418 e. The van der Waals surface area contributed by atoms with Gasteiger partial charge in [0.1, 0.15) is 5.82 Å². The maximum absolute atomic E-state index is 13.4. The largest absolute Gasteiger partial charge is 0.418 e. The number of hydroxylamine groups is 1. The van der Waals surface area contributed by atoms with Crippen molar-refractivity contribution in [2.24, 2.45) is 0 Å². The van der Waals surface area contributed by atoms with E-state index >= 15 is 0 Å². The van der Waals surface area contributed by atoms with Gasteiger partial charge in [-0.2, -0.15) is 18.7 Å². The highest BCUT2D eigenvalue weighted by Crippen LogP contribution is 2.25. The fourth-order valence-corrected chi connectivity index (χ4v) is 1.45. The molecule has 0 saturated carbocycles. The van der Waals surface area contributed by atoms with Crippen LogP contribution in [-0.4, -0.2) is 24.1 Å². The van der Waals surface area contributed by atoms with Gasteiger partial charge in [-0.1, -0.05) is 24.3 Å². The van der Waals surface area contributed by atoms with E-state index in [1.807, 2.05) is 0 Å². The predicted octanol–water partition coefficient (Wildman–Crippen LogP) is 2.98. The smallest absolute Gasteiger partial charge is 0.363 e. The van der Waals surface area contributed by atoms with Gasteiger partial charge in [-0.05, 0) is 6.07 Å². The minimum absolute atomic E-state index is 0.00925. The molecule has 2 atom stereocenters. The molecule has 0 aromatic heterocycles. The third-order valence-electron chi connectivity index (χ3n) is 2.42. The maximum atomic E-state index is 13.4. The zero-order chi connectivity index (χ0) is 14.5. The van der Waals surface area contributed by atoms with Gasteiger partial charge in [0.25, 0.3) is 0 Å². The first kappa shape index (κ1) is 15.6. The van der Waals surface area contributed by atoms with E-state index in [2.05, 4.69) is 11.3 Å². The van der Waals surface area contributed by atoms with Gasteiger partial charge in [0.15, 0.2) is 6.10 Å². The van der Waals surface area contributed by atoms with Crippen LogP contribution in [0.4, 0.5) is 17.6 Å². The van der Waals surface area contributed by atoms with Gasteiger partial charge in [0.2, 0.25) is 0 Å². The Balaban J connectivity index is 2.74. The van der Waals surface area contributed by atoms with E-state index in [0.717, 1.165) is 6.07 Å². The number of hydrogen-bond donors (Lipinski definition) is 2. The van der Waals surface area contributed by atoms with Crippen LogP contribution in [0.3, 0.4) is 0 Å². The van der Waals surface area contributed by atoms with Crippen LogP contribution in [0.2, 0.25) is 0 Å². The first-order valence-corrected chi connectivity index (χ1v) is 5.35. The lowest BCUT2D eigenvalue weighted by molar-refractivity contribution is -0.206. The van der Waals surface area contributed by atoms with Gasteiger partial charge >= 0.3 is 6.18 Å². The fraction of sp³-hybridized carbons (Fsp3) is 0.333. The number of halogens is 4. The van der Waals surface area contributed by atoms with Crippen molar-refractivity contribution < 1.29 is 27.5 Å². The zero-order valence-electron chi connectivity index (χ0n) is 9.82. The molecule has 0 aliphatic rings. The van der Waals surface area contributed by atoms with Gasteiger partial charge in [-0.15, -0.1) is 6.58 Å². The molecule has 0 amide bonds. The Hall–Kier alpha value is -1.44. The first-order chi connectivity index (χ1) is 8.90. The molecule has 1 rings (SSSR count). The van der Waals surface area contributed by atoms with Crippen LogP contribution >= 0.6 is 0 Å². The molecule has 106 valence electrons. The van der Waals surface area contributed by atoms with Crippen molar-refractivity contribution in [2.45, 2.75) is 18.3 Å². The first-order valence-electron chi connectivity index (χ1n) is 5.35. The van der Waals surface area contributed by atoms with E-state index in [0.29, 0.717) is 6.08 Å². The standard InChI is InChI=1S/C12H13F4NO2/c1-2-11(12(14,15)16)19-7-10(17-18)8-5-3-4-6-9(8)13/h2-6,10-11,17-18H,1,7H2/t10-,11+/m1/s1. The van der Waals surface area contributed by atoms with Crippen LogP contribution in [0.15, 0.2) is 36.9 Å². The summed E-state index contributed by atoms with van der Waals surface area (Å²) < 4.78 is 55.2. The van der Waals surface area contributed by atoms with E-state index in [4.69, 9.17) is 5.21 Å². The van der Waals surface area contributed by atoms with Crippen molar-refractivity contribution in [1.82, 2.24) is 5.48 Å². The van der Waals surface area contributed by atoms with Gasteiger partial charge in [-0.25, -0.2) is 4.39 Å². The second-order valence-electron chi connectivity index (χ2n) is 3.73. The summed E-state index contributed by atoms with van der Waals surface area (Å²) in [6.45, 7) is 2.46. The summed E-state index contributed by atoms with van der Waals surface area (Å²) in [5.41, 5.74) is 1.73. The van der Waals surface area contributed by atoms with Crippen LogP contribution in [0, 0.1) is 5.82 Å². The number of nitrogens with one attached hydrogen (secondary N) is 1. The molecule has 3 nitrogen and oxygen atoms in total. The number of hydrogen-bond acceptors (Lipinski definition) is 3. The summed E-state index contributed by atoms with van der Waals surface area (Å²) in [5, 5.41) is 8.89. The second kappa shape index (κ2) is 6.65. The van der Waals surface area contributed by atoms with Crippen LogP contribution in [0.1, 0.15) is 11.6 Å². The monoisotopic (exact) mass is 279 g/mol. The van der Waals surface area contributed by atoms with E-state index in [-0.39, 0.29) is 5.56 Å². The molecule has 0 unspecified atom stereocenters. The van der Waals surface area contributed by atoms with Crippen molar-refractivity contribution in [3.63, 3.8) is 0 Å². The third kappa shape index (κ3) is 4.30. The average molecular weight is 279 g/mol. The van der Waals surface area contributed by atoms with E-state index in [1.54, 1.807) is 5.48 Å². The molecule has 1 aromatic carbocycles. The van der Waals surface area contributed by atoms with Crippen molar-refractivity contribution in [3.05, 3.63) is 48.3 Å². The summed E-state index contributed by atoms with van der Waals surface area (Å²) in [5.74, 6) is -0.653. The fourth-order valence-electron chi connectivity index (χ4n) is 1.45. The topological polar surface area (TPSA) is 41.5 Å².